The third-order valence-electron chi connectivity index (χ3n) is 0.768. The second-order valence-electron chi connectivity index (χ2n) is 1.38. The summed E-state index contributed by atoms with van der Waals surface area (Å²) >= 11 is 6.19. The predicted molar refractivity (Wildman–Crippen MR) is 51.2 cm³/mol. The zero-order chi connectivity index (χ0) is 6.85. The van der Waals surface area contributed by atoms with E-state index in [4.69, 9.17) is 0 Å². The second-order valence-corrected chi connectivity index (χ2v) is 4.03. The molecule has 0 spiro atoms. The van der Waals surface area contributed by atoms with Crippen LogP contribution in [0.4, 0.5) is 0 Å². The molecule has 0 bridgehead atoms. The van der Waals surface area contributed by atoms with E-state index in [2.05, 4.69) is 36.6 Å². The van der Waals surface area contributed by atoms with Crippen LogP contribution in [0.2, 0.25) is 0 Å². The topological polar surface area (TPSA) is 26.3 Å². The van der Waals surface area contributed by atoms with Crippen LogP contribution in [-0.2, 0) is 9.53 Å². The van der Waals surface area contributed by atoms with Crippen molar-refractivity contribution in [3.05, 3.63) is 21.3 Å². The fourth-order valence-corrected chi connectivity index (χ4v) is 0.848. The monoisotopic (exact) mass is 286 g/mol. The summed E-state index contributed by atoms with van der Waals surface area (Å²) in [5, 5.41) is 0. The van der Waals surface area contributed by atoms with Gasteiger partial charge < -0.3 is 4.74 Å². The summed E-state index contributed by atoms with van der Waals surface area (Å²) in [5.74, 6) is 0.182. The number of halogens is 2. The van der Waals surface area contributed by atoms with Gasteiger partial charge in [0.2, 0.25) is 0 Å². The molecule has 0 amide bonds. The number of esters is 1. The SMILES string of the molecule is O=C1C=CC(=C(Br)Br)O1.P. The Morgan fingerprint density at radius 1 is 1.40 bits per heavy atom. The smallest absolute Gasteiger partial charge is 0.336 e. The molecule has 0 saturated carbocycles. The molecule has 0 fully saturated rings. The lowest BCUT2D eigenvalue weighted by atomic mass is 10.5. The van der Waals surface area contributed by atoms with Crippen molar-refractivity contribution in [1.29, 1.82) is 0 Å². The maximum absolute atomic E-state index is 10.4. The first-order valence-electron chi connectivity index (χ1n) is 2.15. The van der Waals surface area contributed by atoms with Crippen molar-refractivity contribution in [2.24, 2.45) is 0 Å². The summed E-state index contributed by atoms with van der Waals surface area (Å²) in [6, 6.07) is 0. The van der Waals surface area contributed by atoms with Crippen LogP contribution in [0.1, 0.15) is 0 Å². The zero-order valence-corrected chi connectivity index (χ0v) is 9.52. The highest BCUT2D eigenvalue weighted by Gasteiger charge is 2.11. The third-order valence-corrected chi connectivity index (χ3v) is 1.55. The largest absolute Gasteiger partial charge is 0.422 e. The normalized spacial score (nSPS) is 14.6. The van der Waals surface area contributed by atoms with E-state index in [9.17, 15) is 4.79 Å². The molecule has 10 heavy (non-hydrogen) atoms. The molecule has 0 N–H and O–H groups in total. The van der Waals surface area contributed by atoms with Crippen molar-refractivity contribution >= 4 is 47.7 Å². The van der Waals surface area contributed by atoms with Crippen LogP contribution in [0.5, 0.6) is 0 Å². The average molecular weight is 288 g/mol. The summed E-state index contributed by atoms with van der Waals surface area (Å²) < 4.78 is 5.31. The molecule has 5 heteroatoms. The van der Waals surface area contributed by atoms with Gasteiger partial charge in [-0.1, -0.05) is 0 Å². The number of cyclic esters (lactones) is 1. The fourth-order valence-electron chi connectivity index (χ4n) is 0.422. The molecule has 1 unspecified atom stereocenters. The van der Waals surface area contributed by atoms with Gasteiger partial charge in [0, 0.05) is 6.08 Å². The van der Waals surface area contributed by atoms with Crippen LogP contribution < -0.4 is 0 Å². The molecule has 56 valence electrons. The van der Waals surface area contributed by atoms with Gasteiger partial charge >= 0.3 is 5.97 Å². The van der Waals surface area contributed by atoms with Gasteiger partial charge in [0.1, 0.15) is 3.39 Å². The van der Waals surface area contributed by atoms with Gasteiger partial charge in [-0.25, -0.2) is 4.79 Å². The zero-order valence-electron chi connectivity index (χ0n) is 4.93. The van der Waals surface area contributed by atoms with E-state index in [1.54, 1.807) is 6.08 Å². The molecule has 2 nitrogen and oxygen atoms in total. The highest BCUT2D eigenvalue weighted by Crippen LogP contribution is 2.23. The minimum atomic E-state index is -0.332. The molecule has 0 saturated heterocycles. The van der Waals surface area contributed by atoms with Gasteiger partial charge in [0.05, 0.1) is 0 Å². The van der Waals surface area contributed by atoms with Crippen molar-refractivity contribution in [3.8, 4) is 0 Å². The maximum atomic E-state index is 10.4. The summed E-state index contributed by atoms with van der Waals surface area (Å²) in [5.41, 5.74) is 0. The Bertz CT molecular complexity index is 206. The summed E-state index contributed by atoms with van der Waals surface area (Å²) in [6.07, 6.45) is 2.94. The number of ether oxygens (including phenoxy) is 1. The summed E-state index contributed by atoms with van der Waals surface area (Å²) in [7, 11) is 0. The fraction of sp³-hybridized carbons (Fsp3) is 0. The molecule has 1 heterocycles. The van der Waals surface area contributed by atoms with Gasteiger partial charge in [0.25, 0.3) is 0 Å². The number of hydrogen-bond acceptors (Lipinski definition) is 2. The van der Waals surface area contributed by atoms with Crippen LogP contribution in [-0.4, -0.2) is 5.97 Å². The molecule has 1 aliphatic heterocycles. The molecule has 0 aromatic rings. The number of carbonyl (C=O) groups is 1. The van der Waals surface area contributed by atoms with Crippen molar-refractivity contribution < 1.29 is 9.53 Å². The van der Waals surface area contributed by atoms with Gasteiger partial charge in [-0.3, -0.25) is 0 Å². The molecule has 0 aromatic heterocycles. The Morgan fingerprint density at radius 2 is 2.00 bits per heavy atom. The minimum Gasteiger partial charge on any atom is -0.422 e. The van der Waals surface area contributed by atoms with E-state index in [1.165, 1.54) is 6.08 Å². The molecule has 0 radical (unpaired) electrons. The van der Waals surface area contributed by atoms with Crippen molar-refractivity contribution in [2.75, 3.05) is 0 Å². The predicted octanol–water partition coefficient (Wildman–Crippen LogP) is 2.12. The van der Waals surface area contributed by atoms with Gasteiger partial charge in [-0.2, -0.15) is 9.90 Å². The first-order chi connectivity index (χ1) is 4.20. The van der Waals surface area contributed by atoms with Crippen molar-refractivity contribution in [3.63, 3.8) is 0 Å². The Hall–Kier alpha value is 0.340. The number of rotatable bonds is 0. The summed E-state index contributed by atoms with van der Waals surface area (Å²) in [4.78, 5) is 10.4. The van der Waals surface area contributed by atoms with Crippen LogP contribution >= 0.6 is 41.8 Å². The van der Waals surface area contributed by atoms with Crippen LogP contribution in [0.3, 0.4) is 0 Å². The Morgan fingerprint density at radius 3 is 2.20 bits per heavy atom. The van der Waals surface area contributed by atoms with Crippen molar-refractivity contribution in [1.82, 2.24) is 0 Å². The molecular weight excluding hydrogens is 283 g/mol. The van der Waals surface area contributed by atoms with E-state index in [-0.39, 0.29) is 15.9 Å². The standard InChI is InChI=1S/C5H2Br2O2.H3P/c6-5(7)3-1-2-4(8)9-3;/h1-2H;1H3. The van der Waals surface area contributed by atoms with Gasteiger partial charge in [-0.15, -0.1) is 0 Å². The highest BCUT2D eigenvalue weighted by atomic mass is 79.9. The van der Waals surface area contributed by atoms with Gasteiger partial charge in [0.15, 0.2) is 5.76 Å². The van der Waals surface area contributed by atoms with Gasteiger partial charge in [-0.05, 0) is 37.9 Å². The molecule has 0 aromatic carbocycles. The number of allylic oxidation sites excluding steroid dienone is 1. The minimum absolute atomic E-state index is 0. The Kier molecular flexibility index (Phi) is 4.41. The van der Waals surface area contributed by atoms with E-state index in [0.717, 1.165) is 0 Å². The Labute approximate surface area is 78.6 Å². The number of carbonyl (C=O) groups excluding carboxylic acids is 1. The van der Waals surface area contributed by atoms with Crippen LogP contribution in [0.15, 0.2) is 21.3 Å². The van der Waals surface area contributed by atoms with E-state index in [1.807, 2.05) is 0 Å². The van der Waals surface area contributed by atoms with Crippen LogP contribution in [0, 0.1) is 0 Å². The first kappa shape index (κ1) is 10.3. The first-order valence-corrected chi connectivity index (χ1v) is 3.74. The van der Waals surface area contributed by atoms with E-state index in [0.29, 0.717) is 9.15 Å². The average Bonchev–Trinajstić information content (AvgIpc) is 2.14. The maximum Gasteiger partial charge on any atom is 0.336 e. The molecule has 1 rings (SSSR count). The second kappa shape index (κ2) is 4.27. The number of hydrogen-bond donors (Lipinski definition) is 0. The highest BCUT2D eigenvalue weighted by molar-refractivity contribution is 9.28. The van der Waals surface area contributed by atoms with Crippen molar-refractivity contribution in [2.45, 2.75) is 0 Å². The van der Waals surface area contributed by atoms with E-state index >= 15 is 0 Å². The Balaban J connectivity index is 0.000000810. The lowest BCUT2D eigenvalue weighted by molar-refractivity contribution is -0.132. The van der Waals surface area contributed by atoms with E-state index < -0.39 is 0 Å². The molecule has 1 aliphatic rings. The molecule has 1 atom stereocenters. The molecule has 0 aliphatic carbocycles. The lowest BCUT2D eigenvalue weighted by Crippen LogP contribution is -1.89. The third kappa shape index (κ3) is 2.52. The van der Waals surface area contributed by atoms with Crippen LogP contribution in [0.25, 0.3) is 0 Å². The molecular formula is C5H5Br2O2P. The summed E-state index contributed by atoms with van der Waals surface area (Å²) in [6.45, 7) is 0. The lowest BCUT2D eigenvalue weighted by Gasteiger charge is -1.92. The quantitative estimate of drug-likeness (QED) is 0.504.